The molecule has 6 heteroatoms. The quantitative estimate of drug-likeness (QED) is 0.593. The number of hydroxylamine groups is 1. The number of nitrogens with one attached hydrogen (secondary N) is 2. The average molecular weight is 303 g/mol. The monoisotopic (exact) mass is 302 g/mol. The van der Waals surface area contributed by atoms with Gasteiger partial charge in [-0.15, -0.1) is 0 Å². The molecule has 1 aromatic rings. The summed E-state index contributed by atoms with van der Waals surface area (Å²) in [4.78, 5) is 16.4. The van der Waals surface area contributed by atoms with Gasteiger partial charge in [-0.05, 0) is 24.3 Å². The highest BCUT2D eigenvalue weighted by molar-refractivity contribution is 9.10. The van der Waals surface area contributed by atoms with Crippen LogP contribution in [0.2, 0.25) is 0 Å². The van der Waals surface area contributed by atoms with Crippen molar-refractivity contribution in [2.45, 2.75) is 0 Å². The number of methoxy groups -OCH3 is 1. The standard InChI is InChI=1S/C11H15BrN2O3/c1-16-6-7-17-13-8-11(15)14-10-4-2-9(12)3-5-10/h2-5,13H,6-8H2,1H3,(H,14,15). The predicted molar refractivity (Wildman–Crippen MR) is 68.6 cm³/mol. The lowest BCUT2D eigenvalue weighted by Crippen LogP contribution is -2.29. The molecule has 0 bridgehead atoms. The van der Waals surface area contributed by atoms with Gasteiger partial charge in [0.1, 0.15) is 6.54 Å². The summed E-state index contributed by atoms with van der Waals surface area (Å²) in [6.45, 7) is 0.989. The molecule has 0 aliphatic heterocycles. The Labute approximate surface area is 109 Å². The van der Waals surface area contributed by atoms with Crippen molar-refractivity contribution < 1.29 is 14.4 Å². The van der Waals surface area contributed by atoms with E-state index in [-0.39, 0.29) is 12.5 Å². The van der Waals surface area contributed by atoms with Gasteiger partial charge in [0.2, 0.25) is 5.91 Å². The fourth-order valence-electron chi connectivity index (χ4n) is 1.05. The number of ether oxygens (including phenoxy) is 1. The van der Waals surface area contributed by atoms with Crippen LogP contribution in [0.3, 0.4) is 0 Å². The van der Waals surface area contributed by atoms with Crippen LogP contribution in [0.4, 0.5) is 5.69 Å². The predicted octanol–water partition coefficient (Wildman–Crippen LogP) is 1.56. The van der Waals surface area contributed by atoms with Crippen molar-refractivity contribution in [2.75, 3.05) is 32.2 Å². The average Bonchev–Trinajstić information content (AvgIpc) is 2.32. The van der Waals surface area contributed by atoms with Crippen LogP contribution in [0, 0.1) is 0 Å². The van der Waals surface area contributed by atoms with Crippen LogP contribution in [0.15, 0.2) is 28.7 Å². The summed E-state index contributed by atoms with van der Waals surface area (Å²) in [5.74, 6) is -0.162. The van der Waals surface area contributed by atoms with E-state index in [2.05, 4.69) is 26.7 Å². The fourth-order valence-corrected chi connectivity index (χ4v) is 1.32. The van der Waals surface area contributed by atoms with Crippen LogP contribution in [-0.4, -0.2) is 32.8 Å². The summed E-state index contributed by atoms with van der Waals surface area (Å²) in [6.07, 6.45) is 0. The van der Waals surface area contributed by atoms with Crippen molar-refractivity contribution in [2.24, 2.45) is 0 Å². The van der Waals surface area contributed by atoms with E-state index in [0.29, 0.717) is 13.2 Å². The largest absolute Gasteiger partial charge is 0.382 e. The van der Waals surface area contributed by atoms with Crippen LogP contribution in [0.5, 0.6) is 0 Å². The maximum atomic E-state index is 11.4. The first kappa shape index (κ1) is 14.1. The highest BCUT2D eigenvalue weighted by Gasteiger charge is 2.01. The highest BCUT2D eigenvalue weighted by atomic mass is 79.9. The van der Waals surface area contributed by atoms with Gasteiger partial charge in [0, 0.05) is 17.3 Å². The summed E-state index contributed by atoms with van der Waals surface area (Å²) < 4.78 is 5.75. The van der Waals surface area contributed by atoms with Crippen molar-refractivity contribution in [3.63, 3.8) is 0 Å². The molecule has 2 N–H and O–H groups in total. The van der Waals surface area contributed by atoms with Gasteiger partial charge in [0.05, 0.1) is 13.2 Å². The normalized spacial score (nSPS) is 10.2. The number of carbonyl (C=O) groups is 1. The molecule has 0 aromatic heterocycles. The molecule has 0 aliphatic carbocycles. The van der Waals surface area contributed by atoms with Crippen LogP contribution in [0.1, 0.15) is 0 Å². The number of rotatable bonds is 7. The second-order valence-corrected chi connectivity index (χ2v) is 4.13. The lowest BCUT2D eigenvalue weighted by atomic mass is 10.3. The second kappa shape index (κ2) is 8.19. The van der Waals surface area contributed by atoms with Crippen molar-refractivity contribution in [3.05, 3.63) is 28.7 Å². The Balaban J connectivity index is 2.18. The van der Waals surface area contributed by atoms with E-state index in [9.17, 15) is 4.79 Å². The topological polar surface area (TPSA) is 59.6 Å². The zero-order valence-corrected chi connectivity index (χ0v) is 11.1. The van der Waals surface area contributed by atoms with Gasteiger partial charge in [0.15, 0.2) is 0 Å². The van der Waals surface area contributed by atoms with E-state index in [4.69, 9.17) is 9.57 Å². The summed E-state index contributed by atoms with van der Waals surface area (Å²) in [5.41, 5.74) is 3.30. The third-order valence-electron chi connectivity index (χ3n) is 1.85. The number of benzene rings is 1. The molecule has 0 heterocycles. The lowest BCUT2D eigenvalue weighted by Gasteiger charge is -2.07. The minimum atomic E-state index is -0.162. The maximum Gasteiger partial charge on any atom is 0.240 e. The zero-order chi connectivity index (χ0) is 12.5. The van der Waals surface area contributed by atoms with E-state index >= 15 is 0 Å². The van der Waals surface area contributed by atoms with Gasteiger partial charge in [-0.3, -0.25) is 9.63 Å². The Morgan fingerprint density at radius 1 is 1.29 bits per heavy atom. The first-order chi connectivity index (χ1) is 8.22. The highest BCUT2D eigenvalue weighted by Crippen LogP contribution is 2.13. The molecule has 0 spiro atoms. The molecule has 0 radical (unpaired) electrons. The summed E-state index contributed by atoms with van der Waals surface area (Å²) >= 11 is 3.32. The second-order valence-electron chi connectivity index (χ2n) is 3.22. The van der Waals surface area contributed by atoms with E-state index in [1.54, 1.807) is 7.11 Å². The molecule has 1 rings (SSSR count). The number of amides is 1. The Bertz CT molecular complexity index is 343. The maximum absolute atomic E-state index is 11.4. The number of carbonyl (C=O) groups excluding carboxylic acids is 1. The molecule has 0 fully saturated rings. The molecule has 0 unspecified atom stereocenters. The van der Waals surface area contributed by atoms with Crippen molar-refractivity contribution in [1.29, 1.82) is 0 Å². The first-order valence-electron chi connectivity index (χ1n) is 5.11. The molecule has 0 aliphatic rings. The summed E-state index contributed by atoms with van der Waals surface area (Å²) in [5, 5.41) is 2.73. The lowest BCUT2D eigenvalue weighted by molar-refractivity contribution is -0.118. The third-order valence-corrected chi connectivity index (χ3v) is 2.38. The summed E-state index contributed by atoms with van der Waals surface area (Å²) in [6, 6.07) is 7.35. The van der Waals surface area contributed by atoms with Gasteiger partial charge >= 0.3 is 0 Å². The first-order valence-corrected chi connectivity index (χ1v) is 5.90. The van der Waals surface area contributed by atoms with E-state index in [0.717, 1.165) is 10.2 Å². The zero-order valence-electron chi connectivity index (χ0n) is 9.53. The fraction of sp³-hybridized carbons (Fsp3) is 0.364. The molecule has 0 atom stereocenters. The van der Waals surface area contributed by atoms with Gasteiger partial charge in [0.25, 0.3) is 0 Å². The van der Waals surface area contributed by atoms with Crippen LogP contribution in [0.25, 0.3) is 0 Å². The molecule has 5 nitrogen and oxygen atoms in total. The van der Waals surface area contributed by atoms with Crippen LogP contribution >= 0.6 is 15.9 Å². The van der Waals surface area contributed by atoms with Crippen LogP contribution in [-0.2, 0) is 14.4 Å². The SMILES string of the molecule is COCCONCC(=O)Nc1ccc(Br)cc1. The van der Waals surface area contributed by atoms with Gasteiger partial charge in [-0.25, -0.2) is 0 Å². The summed E-state index contributed by atoms with van der Waals surface area (Å²) in [7, 11) is 1.59. The third kappa shape index (κ3) is 6.38. The van der Waals surface area contributed by atoms with Gasteiger partial charge in [-0.2, -0.15) is 5.48 Å². The molecule has 0 saturated heterocycles. The number of hydrogen-bond donors (Lipinski definition) is 2. The minimum Gasteiger partial charge on any atom is -0.382 e. The Kier molecular flexibility index (Phi) is 6.80. The Morgan fingerprint density at radius 2 is 2.00 bits per heavy atom. The smallest absolute Gasteiger partial charge is 0.240 e. The molecule has 94 valence electrons. The van der Waals surface area contributed by atoms with Crippen LogP contribution < -0.4 is 10.8 Å². The van der Waals surface area contributed by atoms with Crippen molar-refractivity contribution >= 4 is 27.5 Å². The molecule has 1 aromatic carbocycles. The van der Waals surface area contributed by atoms with E-state index in [1.807, 2.05) is 24.3 Å². The Morgan fingerprint density at radius 3 is 2.65 bits per heavy atom. The minimum absolute atomic E-state index is 0.0970. The number of hydrogen-bond acceptors (Lipinski definition) is 4. The van der Waals surface area contributed by atoms with E-state index in [1.165, 1.54) is 0 Å². The van der Waals surface area contributed by atoms with Crippen molar-refractivity contribution in [3.8, 4) is 0 Å². The number of anilines is 1. The molecular formula is C11H15BrN2O3. The Hall–Kier alpha value is -0.950. The van der Waals surface area contributed by atoms with Crippen molar-refractivity contribution in [1.82, 2.24) is 5.48 Å². The molecule has 17 heavy (non-hydrogen) atoms. The molecule has 0 saturated carbocycles. The molecular weight excluding hydrogens is 288 g/mol. The van der Waals surface area contributed by atoms with Gasteiger partial charge in [-0.1, -0.05) is 15.9 Å². The van der Waals surface area contributed by atoms with Gasteiger partial charge < -0.3 is 10.1 Å². The molecule has 1 amide bonds. The van der Waals surface area contributed by atoms with E-state index < -0.39 is 0 Å². The number of halogens is 1.